The summed E-state index contributed by atoms with van der Waals surface area (Å²) in [5.41, 5.74) is 3.05. The number of carboxylic acids is 1. The third kappa shape index (κ3) is 3.20. The monoisotopic (exact) mass is 255 g/mol. The Morgan fingerprint density at radius 3 is 2.16 bits per heavy atom. The highest BCUT2D eigenvalue weighted by molar-refractivity contribution is 5.77. The molecule has 0 radical (unpaired) electrons. The van der Waals surface area contributed by atoms with E-state index in [4.69, 9.17) is 0 Å². The highest BCUT2D eigenvalue weighted by Crippen LogP contribution is 2.22. The lowest BCUT2D eigenvalue weighted by Crippen LogP contribution is -2.23. The zero-order chi connectivity index (χ0) is 13.7. The van der Waals surface area contributed by atoms with Crippen LogP contribution < -0.4 is 5.32 Å². The number of nitrogens with one attached hydrogen (secondary N) is 1. The van der Waals surface area contributed by atoms with Crippen LogP contribution in [0.1, 0.15) is 11.5 Å². The molecule has 2 N–H and O–H groups in total. The number of carboxylic acid groups (broad SMARTS) is 1. The molecule has 0 saturated carbocycles. The van der Waals surface area contributed by atoms with Gasteiger partial charge >= 0.3 is 5.97 Å². The van der Waals surface area contributed by atoms with Gasteiger partial charge < -0.3 is 10.4 Å². The van der Waals surface area contributed by atoms with Crippen molar-refractivity contribution in [1.82, 2.24) is 5.32 Å². The fraction of sp³-hybridized carbons (Fsp3) is 0.188. The van der Waals surface area contributed by atoms with Crippen LogP contribution in [0.4, 0.5) is 0 Å². The van der Waals surface area contributed by atoms with Crippen molar-refractivity contribution in [3.8, 4) is 11.1 Å². The number of aliphatic carboxylic acids is 1. The van der Waals surface area contributed by atoms with Gasteiger partial charge in [0.1, 0.15) is 0 Å². The summed E-state index contributed by atoms with van der Waals surface area (Å²) < 4.78 is 0. The molecule has 0 aromatic heterocycles. The van der Waals surface area contributed by atoms with E-state index in [-0.39, 0.29) is 0 Å². The maximum atomic E-state index is 11.2. The van der Waals surface area contributed by atoms with Crippen LogP contribution in [-0.4, -0.2) is 24.7 Å². The highest BCUT2D eigenvalue weighted by atomic mass is 16.4. The summed E-state index contributed by atoms with van der Waals surface area (Å²) in [6.07, 6.45) is 0. The largest absolute Gasteiger partial charge is 0.481 e. The molecule has 3 nitrogen and oxygen atoms in total. The number of rotatable bonds is 5. The van der Waals surface area contributed by atoms with Crippen LogP contribution in [0.2, 0.25) is 0 Å². The molecule has 0 fully saturated rings. The lowest BCUT2D eigenvalue weighted by Gasteiger charge is -2.12. The topological polar surface area (TPSA) is 49.3 Å². The molecule has 2 rings (SSSR count). The van der Waals surface area contributed by atoms with Crippen LogP contribution in [0.25, 0.3) is 11.1 Å². The summed E-state index contributed by atoms with van der Waals surface area (Å²) >= 11 is 0. The normalized spacial score (nSPS) is 12.1. The van der Waals surface area contributed by atoms with Gasteiger partial charge in [0.05, 0.1) is 5.92 Å². The molecule has 98 valence electrons. The van der Waals surface area contributed by atoms with Crippen LogP contribution in [-0.2, 0) is 4.79 Å². The zero-order valence-electron chi connectivity index (χ0n) is 10.8. The molecule has 1 unspecified atom stereocenters. The zero-order valence-corrected chi connectivity index (χ0v) is 10.8. The predicted molar refractivity (Wildman–Crippen MR) is 76.2 cm³/mol. The van der Waals surface area contributed by atoms with E-state index in [9.17, 15) is 9.90 Å². The van der Waals surface area contributed by atoms with Gasteiger partial charge in [-0.15, -0.1) is 0 Å². The molecule has 2 aromatic rings. The number of hydrogen-bond donors (Lipinski definition) is 2. The maximum Gasteiger partial charge on any atom is 0.312 e. The molecule has 0 saturated heterocycles. The third-order valence-corrected chi connectivity index (χ3v) is 3.13. The van der Waals surface area contributed by atoms with Gasteiger partial charge in [-0.05, 0) is 23.7 Å². The minimum atomic E-state index is -0.804. The first-order valence-electron chi connectivity index (χ1n) is 6.25. The summed E-state index contributed by atoms with van der Waals surface area (Å²) in [5, 5.41) is 12.1. The smallest absolute Gasteiger partial charge is 0.312 e. The molecule has 0 aliphatic heterocycles. The van der Waals surface area contributed by atoms with E-state index in [0.29, 0.717) is 6.54 Å². The Hall–Kier alpha value is -2.13. The molecule has 3 heteroatoms. The number of carbonyl (C=O) groups is 1. The summed E-state index contributed by atoms with van der Waals surface area (Å²) in [7, 11) is 1.76. The van der Waals surface area contributed by atoms with E-state index in [1.165, 1.54) is 0 Å². The Balaban J connectivity index is 2.25. The van der Waals surface area contributed by atoms with Crippen molar-refractivity contribution in [3.05, 3.63) is 60.2 Å². The van der Waals surface area contributed by atoms with Gasteiger partial charge in [-0.2, -0.15) is 0 Å². The van der Waals surface area contributed by atoms with Gasteiger partial charge in [-0.25, -0.2) is 0 Å². The van der Waals surface area contributed by atoms with Crippen LogP contribution >= 0.6 is 0 Å². The van der Waals surface area contributed by atoms with Crippen molar-refractivity contribution in [2.75, 3.05) is 13.6 Å². The molecule has 1 atom stereocenters. The Morgan fingerprint density at radius 2 is 1.63 bits per heavy atom. The Morgan fingerprint density at radius 1 is 1.05 bits per heavy atom. The van der Waals surface area contributed by atoms with Gasteiger partial charge in [0, 0.05) is 6.54 Å². The van der Waals surface area contributed by atoms with Gasteiger partial charge in [0.15, 0.2) is 0 Å². The number of likely N-dealkylation sites (N-methyl/N-ethyl adjacent to an activating group) is 1. The van der Waals surface area contributed by atoms with Crippen molar-refractivity contribution < 1.29 is 9.90 Å². The van der Waals surface area contributed by atoms with Crippen molar-refractivity contribution in [1.29, 1.82) is 0 Å². The quantitative estimate of drug-likeness (QED) is 0.863. The van der Waals surface area contributed by atoms with E-state index in [1.54, 1.807) is 7.05 Å². The molecule has 2 aromatic carbocycles. The van der Waals surface area contributed by atoms with E-state index in [0.717, 1.165) is 16.7 Å². The van der Waals surface area contributed by atoms with E-state index < -0.39 is 11.9 Å². The molecule has 19 heavy (non-hydrogen) atoms. The van der Waals surface area contributed by atoms with Crippen molar-refractivity contribution in [3.63, 3.8) is 0 Å². The Labute approximate surface area is 112 Å². The van der Waals surface area contributed by atoms with Crippen LogP contribution in [0, 0.1) is 0 Å². The van der Waals surface area contributed by atoms with Gasteiger partial charge in [-0.1, -0.05) is 54.6 Å². The molecule has 0 aliphatic carbocycles. The molecular formula is C16H17NO2. The van der Waals surface area contributed by atoms with Crippen molar-refractivity contribution >= 4 is 5.97 Å². The van der Waals surface area contributed by atoms with Gasteiger partial charge in [0.25, 0.3) is 0 Å². The van der Waals surface area contributed by atoms with Crippen LogP contribution in [0.15, 0.2) is 54.6 Å². The first-order chi connectivity index (χ1) is 9.22. The Kier molecular flexibility index (Phi) is 4.31. The van der Waals surface area contributed by atoms with Crippen LogP contribution in [0.5, 0.6) is 0 Å². The second-order valence-electron chi connectivity index (χ2n) is 4.44. The summed E-state index contributed by atoms with van der Waals surface area (Å²) in [6, 6.07) is 17.7. The summed E-state index contributed by atoms with van der Waals surface area (Å²) in [6.45, 7) is 0.431. The first kappa shape index (κ1) is 13.3. The first-order valence-corrected chi connectivity index (χ1v) is 6.25. The average molecular weight is 255 g/mol. The van der Waals surface area contributed by atoms with Crippen LogP contribution in [0.3, 0.4) is 0 Å². The molecule has 0 amide bonds. The number of hydrogen-bond acceptors (Lipinski definition) is 2. The minimum absolute atomic E-state index is 0.431. The fourth-order valence-corrected chi connectivity index (χ4v) is 2.09. The SMILES string of the molecule is CNCC(C(=O)O)c1ccc(-c2ccccc2)cc1. The Bertz CT molecular complexity index is 534. The van der Waals surface area contributed by atoms with Gasteiger partial charge in [0.2, 0.25) is 0 Å². The summed E-state index contributed by atoms with van der Waals surface area (Å²) in [4.78, 5) is 11.2. The second-order valence-corrected chi connectivity index (χ2v) is 4.44. The number of benzene rings is 2. The highest BCUT2D eigenvalue weighted by Gasteiger charge is 2.18. The van der Waals surface area contributed by atoms with E-state index in [1.807, 2.05) is 54.6 Å². The second kappa shape index (κ2) is 6.16. The molecule has 0 spiro atoms. The minimum Gasteiger partial charge on any atom is -0.481 e. The molecule has 0 bridgehead atoms. The van der Waals surface area contributed by atoms with E-state index >= 15 is 0 Å². The molecule has 0 aliphatic rings. The molecular weight excluding hydrogens is 238 g/mol. The van der Waals surface area contributed by atoms with Crippen molar-refractivity contribution in [2.45, 2.75) is 5.92 Å². The lowest BCUT2D eigenvalue weighted by molar-refractivity contribution is -0.138. The molecule has 0 heterocycles. The standard InChI is InChI=1S/C16H17NO2/c1-17-11-15(16(18)19)14-9-7-13(8-10-14)12-5-3-2-4-6-12/h2-10,15,17H,11H2,1H3,(H,18,19). The average Bonchev–Trinajstić information content (AvgIpc) is 2.46. The third-order valence-electron chi connectivity index (χ3n) is 3.13. The maximum absolute atomic E-state index is 11.2. The van der Waals surface area contributed by atoms with Crippen molar-refractivity contribution in [2.24, 2.45) is 0 Å². The predicted octanol–water partition coefficient (Wildman–Crippen LogP) is 2.74. The summed E-state index contributed by atoms with van der Waals surface area (Å²) in [5.74, 6) is -1.31. The van der Waals surface area contributed by atoms with Gasteiger partial charge in [-0.3, -0.25) is 4.79 Å². The van der Waals surface area contributed by atoms with E-state index in [2.05, 4.69) is 5.32 Å². The fourth-order valence-electron chi connectivity index (χ4n) is 2.09. The lowest BCUT2D eigenvalue weighted by atomic mass is 9.96.